The van der Waals surface area contributed by atoms with Gasteiger partial charge in [0.05, 0.1) is 6.10 Å². The summed E-state index contributed by atoms with van der Waals surface area (Å²) < 4.78 is 5.31. The van der Waals surface area contributed by atoms with Crippen LogP contribution in [-0.4, -0.2) is 12.7 Å². The zero-order valence-corrected chi connectivity index (χ0v) is 5.10. The van der Waals surface area contributed by atoms with E-state index in [1.54, 1.807) is 0 Å². The van der Waals surface area contributed by atoms with E-state index in [1.165, 1.54) is 12.8 Å². The lowest BCUT2D eigenvalue weighted by Crippen LogP contribution is -2.02. The summed E-state index contributed by atoms with van der Waals surface area (Å²) in [5.41, 5.74) is 0. The first-order chi connectivity index (χ1) is 3.93. The molecule has 46 valence electrons. The largest absolute Gasteiger partial charge is 0.378 e. The van der Waals surface area contributed by atoms with Crippen LogP contribution in [0, 0.1) is 6.92 Å². The SMILES string of the molecule is [CH]CCC1CCCO1. The van der Waals surface area contributed by atoms with Gasteiger partial charge in [-0.2, -0.15) is 0 Å². The summed E-state index contributed by atoms with van der Waals surface area (Å²) in [5, 5.41) is 0. The molecule has 0 N–H and O–H groups in total. The molecular formula is C7H12O. The third-order valence-electron chi connectivity index (χ3n) is 1.51. The lowest BCUT2D eigenvalue weighted by Gasteiger charge is -2.04. The molecule has 1 heteroatoms. The van der Waals surface area contributed by atoms with Gasteiger partial charge in [-0.1, -0.05) is 0 Å². The zero-order valence-electron chi connectivity index (χ0n) is 5.10. The lowest BCUT2D eigenvalue weighted by atomic mass is 10.1. The summed E-state index contributed by atoms with van der Waals surface area (Å²) in [6.07, 6.45) is 4.74. The van der Waals surface area contributed by atoms with Crippen molar-refractivity contribution in [3.63, 3.8) is 0 Å². The van der Waals surface area contributed by atoms with E-state index in [0.717, 1.165) is 19.4 Å². The van der Waals surface area contributed by atoms with Crippen LogP contribution in [0.15, 0.2) is 0 Å². The summed E-state index contributed by atoms with van der Waals surface area (Å²) in [7, 11) is 0. The van der Waals surface area contributed by atoms with Crippen LogP contribution in [0.25, 0.3) is 0 Å². The Kier molecular flexibility index (Phi) is 2.34. The van der Waals surface area contributed by atoms with Crippen molar-refractivity contribution in [1.82, 2.24) is 0 Å². The predicted octanol–water partition coefficient (Wildman–Crippen LogP) is 1.66. The van der Waals surface area contributed by atoms with Gasteiger partial charge >= 0.3 is 0 Å². The fraction of sp³-hybridized carbons (Fsp3) is 0.857. The predicted molar refractivity (Wildman–Crippen MR) is 32.5 cm³/mol. The first-order valence-electron chi connectivity index (χ1n) is 3.25. The Morgan fingerprint density at radius 2 is 2.50 bits per heavy atom. The van der Waals surface area contributed by atoms with E-state index in [1.807, 2.05) is 0 Å². The van der Waals surface area contributed by atoms with Gasteiger partial charge < -0.3 is 4.74 Å². The Morgan fingerprint density at radius 1 is 1.62 bits per heavy atom. The molecule has 0 aromatic rings. The van der Waals surface area contributed by atoms with Crippen molar-refractivity contribution in [2.75, 3.05) is 6.61 Å². The van der Waals surface area contributed by atoms with Crippen molar-refractivity contribution >= 4 is 0 Å². The number of hydrogen-bond acceptors (Lipinski definition) is 1. The van der Waals surface area contributed by atoms with Crippen molar-refractivity contribution in [3.8, 4) is 0 Å². The second-order valence-corrected chi connectivity index (χ2v) is 2.21. The minimum Gasteiger partial charge on any atom is -0.378 e. The minimum atomic E-state index is 0.486. The monoisotopic (exact) mass is 112 g/mol. The van der Waals surface area contributed by atoms with Crippen LogP contribution in [0.4, 0.5) is 0 Å². The highest BCUT2D eigenvalue weighted by molar-refractivity contribution is 4.64. The molecule has 1 rings (SSSR count). The maximum absolute atomic E-state index is 5.33. The molecule has 0 aliphatic carbocycles. The summed E-state index contributed by atoms with van der Waals surface area (Å²) in [4.78, 5) is 0. The van der Waals surface area contributed by atoms with Gasteiger partial charge in [0.2, 0.25) is 0 Å². The molecule has 1 heterocycles. The van der Waals surface area contributed by atoms with Crippen LogP contribution in [0.3, 0.4) is 0 Å². The van der Waals surface area contributed by atoms with Crippen LogP contribution in [0.1, 0.15) is 25.7 Å². The Bertz CT molecular complexity index is 55.4. The second kappa shape index (κ2) is 3.08. The van der Waals surface area contributed by atoms with Crippen molar-refractivity contribution in [2.24, 2.45) is 0 Å². The Morgan fingerprint density at radius 3 is 3.00 bits per heavy atom. The highest BCUT2D eigenvalue weighted by Gasteiger charge is 2.12. The molecule has 1 unspecified atom stereocenters. The van der Waals surface area contributed by atoms with E-state index < -0.39 is 0 Å². The van der Waals surface area contributed by atoms with Gasteiger partial charge in [0.15, 0.2) is 0 Å². The summed E-state index contributed by atoms with van der Waals surface area (Å²) >= 11 is 0. The van der Waals surface area contributed by atoms with Crippen LogP contribution >= 0.6 is 0 Å². The third kappa shape index (κ3) is 1.48. The lowest BCUT2D eigenvalue weighted by molar-refractivity contribution is 0.105. The quantitative estimate of drug-likeness (QED) is 0.528. The van der Waals surface area contributed by atoms with Crippen molar-refractivity contribution in [3.05, 3.63) is 6.92 Å². The van der Waals surface area contributed by atoms with Crippen LogP contribution in [-0.2, 0) is 4.74 Å². The molecule has 1 fully saturated rings. The minimum absolute atomic E-state index is 0.486. The molecule has 1 aliphatic heterocycles. The van der Waals surface area contributed by atoms with Crippen molar-refractivity contribution < 1.29 is 4.74 Å². The molecule has 0 amide bonds. The zero-order chi connectivity index (χ0) is 5.82. The Labute approximate surface area is 51.0 Å². The molecule has 0 bridgehead atoms. The van der Waals surface area contributed by atoms with E-state index in [4.69, 9.17) is 11.7 Å². The van der Waals surface area contributed by atoms with Gasteiger partial charge in [-0.05, 0) is 32.6 Å². The molecule has 1 saturated heterocycles. The third-order valence-corrected chi connectivity index (χ3v) is 1.51. The number of rotatable bonds is 2. The first-order valence-corrected chi connectivity index (χ1v) is 3.25. The molecule has 1 atom stereocenters. The van der Waals surface area contributed by atoms with Gasteiger partial charge in [0.25, 0.3) is 0 Å². The molecule has 0 aromatic heterocycles. The van der Waals surface area contributed by atoms with Gasteiger partial charge in [0.1, 0.15) is 0 Å². The van der Waals surface area contributed by atoms with Crippen molar-refractivity contribution in [1.29, 1.82) is 0 Å². The van der Waals surface area contributed by atoms with Crippen LogP contribution in [0.5, 0.6) is 0 Å². The van der Waals surface area contributed by atoms with Gasteiger partial charge in [-0.15, -0.1) is 0 Å². The molecular weight excluding hydrogens is 100 g/mol. The molecule has 0 saturated carbocycles. The van der Waals surface area contributed by atoms with E-state index in [9.17, 15) is 0 Å². The van der Waals surface area contributed by atoms with E-state index in [-0.39, 0.29) is 0 Å². The fourth-order valence-electron chi connectivity index (χ4n) is 1.06. The van der Waals surface area contributed by atoms with E-state index >= 15 is 0 Å². The second-order valence-electron chi connectivity index (χ2n) is 2.21. The normalized spacial score (nSPS) is 28.9. The van der Waals surface area contributed by atoms with Gasteiger partial charge in [0, 0.05) is 6.61 Å². The topological polar surface area (TPSA) is 9.23 Å². The summed E-state index contributed by atoms with van der Waals surface area (Å²) in [6.45, 7) is 6.28. The molecule has 1 nitrogen and oxygen atoms in total. The highest BCUT2D eigenvalue weighted by Crippen LogP contribution is 2.15. The fourth-order valence-corrected chi connectivity index (χ4v) is 1.06. The molecule has 1 aliphatic rings. The number of hydrogen-bond donors (Lipinski definition) is 0. The summed E-state index contributed by atoms with van der Waals surface area (Å²) in [6, 6.07) is 0. The van der Waals surface area contributed by atoms with Crippen LogP contribution < -0.4 is 0 Å². The molecule has 0 spiro atoms. The highest BCUT2D eigenvalue weighted by atomic mass is 16.5. The maximum atomic E-state index is 5.33. The smallest absolute Gasteiger partial charge is 0.0576 e. The van der Waals surface area contributed by atoms with Crippen molar-refractivity contribution in [2.45, 2.75) is 31.8 Å². The summed E-state index contributed by atoms with van der Waals surface area (Å²) in [5.74, 6) is 0. The molecule has 2 radical (unpaired) electrons. The number of ether oxygens (including phenoxy) is 1. The average molecular weight is 112 g/mol. The standard InChI is InChI=1S/C7H12O/c1-2-4-7-5-3-6-8-7/h1,7H,2-6H2. The Balaban J connectivity index is 2.06. The first kappa shape index (κ1) is 6.09. The van der Waals surface area contributed by atoms with Gasteiger partial charge in [-0.3, -0.25) is 0 Å². The average Bonchev–Trinajstić information content (AvgIpc) is 2.19. The molecule has 0 aromatic carbocycles. The van der Waals surface area contributed by atoms with Crippen LogP contribution in [0.2, 0.25) is 0 Å². The van der Waals surface area contributed by atoms with Gasteiger partial charge in [-0.25, -0.2) is 0 Å². The maximum Gasteiger partial charge on any atom is 0.0576 e. The van der Waals surface area contributed by atoms with E-state index in [2.05, 4.69) is 0 Å². The van der Waals surface area contributed by atoms with E-state index in [0.29, 0.717) is 6.10 Å². The molecule has 8 heavy (non-hydrogen) atoms. The Hall–Kier alpha value is -0.0400.